The molecule has 0 bridgehead atoms. The molecule has 21 nitrogen and oxygen atoms in total. The number of hydrogen-bond acceptors (Lipinski definition) is 12. The van der Waals surface area contributed by atoms with Crippen LogP contribution in [-0.2, 0) is 40.0 Å². The first-order valence-electron chi connectivity index (χ1n) is 18.9. The molecule has 21 heteroatoms. The van der Waals surface area contributed by atoms with E-state index in [9.17, 15) is 48.9 Å². The number of rotatable bonds is 28. The van der Waals surface area contributed by atoms with Gasteiger partial charge in [-0.2, -0.15) is 0 Å². The van der Waals surface area contributed by atoms with Crippen LogP contribution < -0.4 is 54.8 Å². The van der Waals surface area contributed by atoms with Crippen molar-refractivity contribution in [3.63, 3.8) is 0 Å². The van der Waals surface area contributed by atoms with Crippen molar-refractivity contribution in [1.29, 1.82) is 5.41 Å². The third-order valence-corrected chi connectivity index (χ3v) is 8.75. The van der Waals surface area contributed by atoms with Gasteiger partial charge in [0.25, 0.3) is 0 Å². The highest BCUT2D eigenvalue weighted by atomic mass is 16.4. The molecule has 1 aromatic rings. The average molecular weight is 808 g/mol. The number of carboxylic acid groups (broad SMARTS) is 2. The van der Waals surface area contributed by atoms with Crippen LogP contribution in [0.15, 0.2) is 24.3 Å². The molecule has 57 heavy (non-hydrogen) atoms. The minimum atomic E-state index is -1.72. The average Bonchev–Trinajstić information content (AvgIpc) is 3.14. The number of unbranched alkanes of at least 4 members (excludes halogenated alkanes) is 2. The molecule has 18 N–H and O–H groups in total. The number of nitrogens with two attached hydrogens (primary N) is 4. The van der Waals surface area contributed by atoms with Gasteiger partial charge < -0.3 is 70.2 Å². The molecule has 0 radical (unpaired) electrons. The number of carbonyl (C=O) groups excluding carboxylic acids is 5. The van der Waals surface area contributed by atoms with Crippen molar-refractivity contribution in [2.75, 3.05) is 19.6 Å². The van der Waals surface area contributed by atoms with E-state index >= 15 is 0 Å². The SMILES string of the molecule is CC(C)[C@H](NC(=O)[C@H](CC(=O)O)NC(=O)[C@H](CCCCN)NC(=O)[C@@H](N)CCCNC(=N)N)C(=O)N[C@@H](Cc1ccc(O)cc1)C(=O)N[C@@H](CCCCN)C(=O)O. The largest absolute Gasteiger partial charge is 0.508 e. The smallest absolute Gasteiger partial charge is 0.326 e. The maximum absolute atomic E-state index is 13.8. The van der Waals surface area contributed by atoms with Crippen molar-refractivity contribution in [2.45, 2.75) is 114 Å². The normalized spacial score (nSPS) is 14.1. The molecule has 0 fully saturated rings. The van der Waals surface area contributed by atoms with E-state index in [-0.39, 0.29) is 43.9 Å². The molecule has 6 atom stereocenters. The van der Waals surface area contributed by atoms with Crippen LogP contribution in [0, 0.1) is 11.3 Å². The lowest BCUT2D eigenvalue weighted by Crippen LogP contribution is -2.60. The Balaban J connectivity index is 3.26. The Labute approximate surface area is 331 Å². The molecule has 0 saturated carbocycles. The number of phenols is 1. The Bertz CT molecular complexity index is 1500. The van der Waals surface area contributed by atoms with E-state index in [1.165, 1.54) is 24.3 Å². The second kappa shape index (κ2) is 26.3. The Morgan fingerprint density at radius 3 is 1.70 bits per heavy atom. The molecule has 1 rings (SSSR count). The second-order valence-corrected chi connectivity index (χ2v) is 13.9. The molecule has 1 aromatic carbocycles. The van der Waals surface area contributed by atoms with E-state index < -0.39 is 90.1 Å². The number of phenolic OH excluding ortho intramolecular Hbond substituents is 1. The maximum atomic E-state index is 13.8. The lowest BCUT2D eigenvalue weighted by Gasteiger charge is -2.28. The fourth-order valence-electron chi connectivity index (χ4n) is 5.52. The fraction of sp³-hybridized carbons (Fsp3) is 0.611. The zero-order chi connectivity index (χ0) is 43.1. The van der Waals surface area contributed by atoms with E-state index in [4.69, 9.17) is 28.3 Å². The summed E-state index contributed by atoms with van der Waals surface area (Å²) in [5.74, 6) is -8.03. The van der Waals surface area contributed by atoms with Crippen molar-refractivity contribution >= 4 is 47.4 Å². The number of hydrogen-bond donors (Lipinski definition) is 14. The molecule has 0 spiro atoms. The zero-order valence-corrected chi connectivity index (χ0v) is 32.6. The van der Waals surface area contributed by atoms with Crippen LogP contribution in [0.2, 0.25) is 0 Å². The van der Waals surface area contributed by atoms with E-state index in [0.717, 1.165) is 0 Å². The number of nitrogens with one attached hydrogen (secondary N) is 7. The minimum absolute atomic E-state index is 0.0525. The van der Waals surface area contributed by atoms with Crippen LogP contribution >= 0.6 is 0 Å². The van der Waals surface area contributed by atoms with Crippen LogP contribution in [0.3, 0.4) is 0 Å². The van der Waals surface area contributed by atoms with Crippen LogP contribution in [0.5, 0.6) is 5.75 Å². The standard InChI is InChI=1S/C36H61N11O10/c1-20(2)29(34(55)46-26(18-21-11-13-22(48)14-12-21)32(53)44-25(35(56)57)10-4-6-16-38)47-33(54)27(19-28(49)50)45-31(52)24(9-3-5-15-37)43-30(51)23(39)8-7-17-42-36(40)41/h11-14,20,23-27,29,48H,3-10,15-19,37-39H2,1-2H3,(H,43,51)(H,44,53)(H,45,52)(H,46,55)(H,47,54)(H,49,50)(H,56,57)(H4,40,41,42)/t23-,24-,25-,26-,27-,29-/m0/s1. The Morgan fingerprint density at radius 2 is 1.18 bits per heavy atom. The molecule has 5 amide bonds. The summed E-state index contributed by atoms with van der Waals surface area (Å²) in [5, 5.41) is 51.3. The predicted molar refractivity (Wildman–Crippen MR) is 209 cm³/mol. The maximum Gasteiger partial charge on any atom is 0.326 e. The van der Waals surface area contributed by atoms with Gasteiger partial charge in [0.1, 0.15) is 36.0 Å². The number of aromatic hydroxyl groups is 1. The number of carbonyl (C=O) groups is 7. The molecule has 0 aromatic heterocycles. The number of benzene rings is 1. The lowest BCUT2D eigenvalue weighted by molar-refractivity contribution is -0.142. The summed E-state index contributed by atoms with van der Waals surface area (Å²) in [6, 6.07) is -2.28. The fourth-order valence-corrected chi connectivity index (χ4v) is 5.52. The van der Waals surface area contributed by atoms with E-state index in [2.05, 4.69) is 31.9 Å². The number of carboxylic acids is 2. The second-order valence-electron chi connectivity index (χ2n) is 13.9. The van der Waals surface area contributed by atoms with Crippen molar-refractivity contribution in [3.05, 3.63) is 29.8 Å². The number of amides is 5. The Kier molecular flexibility index (Phi) is 22.9. The summed E-state index contributed by atoms with van der Waals surface area (Å²) in [6.45, 7) is 4.05. The minimum Gasteiger partial charge on any atom is -0.508 e. The molecule has 0 saturated heterocycles. The highest BCUT2D eigenvalue weighted by Crippen LogP contribution is 2.13. The van der Waals surface area contributed by atoms with Crippen LogP contribution in [0.1, 0.15) is 77.2 Å². The van der Waals surface area contributed by atoms with Gasteiger partial charge in [-0.3, -0.25) is 34.2 Å². The summed E-state index contributed by atoms with van der Waals surface area (Å²) in [5.41, 5.74) is 22.9. The molecule has 320 valence electrons. The van der Waals surface area contributed by atoms with Crippen LogP contribution in [0.25, 0.3) is 0 Å². The van der Waals surface area contributed by atoms with Crippen LogP contribution in [-0.4, -0.2) is 119 Å². The number of guanidine groups is 1. The number of aliphatic carboxylic acids is 2. The van der Waals surface area contributed by atoms with Crippen LogP contribution in [0.4, 0.5) is 0 Å². The van der Waals surface area contributed by atoms with Crippen molar-refractivity contribution < 1.29 is 48.9 Å². The monoisotopic (exact) mass is 807 g/mol. The van der Waals surface area contributed by atoms with Gasteiger partial charge in [0.05, 0.1) is 12.5 Å². The van der Waals surface area contributed by atoms with Gasteiger partial charge in [-0.25, -0.2) is 4.79 Å². The summed E-state index contributed by atoms with van der Waals surface area (Å²) < 4.78 is 0. The van der Waals surface area contributed by atoms with Crippen molar-refractivity contribution in [3.8, 4) is 5.75 Å². The van der Waals surface area contributed by atoms with Gasteiger partial charge >= 0.3 is 11.9 Å². The van der Waals surface area contributed by atoms with Gasteiger partial charge in [-0.1, -0.05) is 26.0 Å². The molecule has 0 aliphatic rings. The van der Waals surface area contributed by atoms with Gasteiger partial charge in [0.15, 0.2) is 5.96 Å². The van der Waals surface area contributed by atoms with Gasteiger partial charge in [-0.05, 0) is 88.1 Å². The summed E-state index contributed by atoms with van der Waals surface area (Å²) >= 11 is 0. The van der Waals surface area contributed by atoms with Crippen molar-refractivity contribution in [2.24, 2.45) is 28.9 Å². The Hall–Kier alpha value is -5.54. The first kappa shape index (κ1) is 49.5. The summed E-state index contributed by atoms with van der Waals surface area (Å²) in [6.07, 6.45) is 1.47. The zero-order valence-electron chi connectivity index (χ0n) is 32.6. The third-order valence-electron chi connectivity index (χ3n) is 8.75. The highest BCUT2D eigenvalue weighted by molar-refractivity contribution is 5.97. The van der Waals surface area contributed by atoms with Gasteiger partial charge in [-0.15, -0.1) is 0 Å². The van der Waals surface area contributed by atoms with E-state index in [1.54, 1.807) is 13.8 Å². The quantitative estimate of drug-likeness (QED) is 0.0235. The molecular formula is C36H61N11O10. The summed E-state index contributed by atoms with van der Waals surface area (Å²) in [4.78, 5) is 91.1. The van der Waals surface area contributed by atoms with Gasteiger partial charge in [0, 0.05) is 13.0 Å². The predicted octanol–water partition coefficient (Wildman–Crippen LogP) is -2.58. The van der Waals surface area contributed by atoms with E-state index in [0.29, 0.717) is 50.8 Å². The highest BCUT2D eigenvalue weighted by Gasteiger charge is 2.35. The first-order valence-corrected chi connectivity index (χ1v) is 18.9. The Morgan fingerprint density at radius 1 is 0.667 bits per heavy atom. The topological polar surface area (TPSA) is 380 Å². The molecule has 0 aliphatic carbocycles. The lowest BCUT2D eigenvalue weighted by atomic mass is 9.99. The molecule has 0 unspecified atom stereocenters. The first-order chi connectivity index (χ1) is 26.9. The summed E-state index contributed by atoms with van der Waals surface area (Å²) in [7, 11) is 0. The van der Waals surface area contributed by atoms with Crippen molar-refractivity contribution in [1.82, 2.24) is 31.9 Å². The molecular weight excluding hydrogens is 746 g/mol. The third kappa shape index (κ3) is 19.7. The molecule has 0 heterocycles. The van der Waals surface area contributed by atoms with Gasteiger partial charge in [0.2, 0.25) is 29.5 Å². The molecule has 0 aliphatic heterocycles. The van der Waals surface area contributed by atoms with E-state index in [1.807, 2.05) is 0 Å².